The normalized spacial score (nSPS) is 32.0. The van der Waals surface area contributed by atoms with E-state index in [0.717, 1.165) is 0 Å². The molecule has 1 aromatic carbocycles. The van der Waals surface area contributed by atoms with Crippen molar-refractivity contribution in [3.05, 3.63) is 35.4 Å². The van der Waals surface area contributed by atoms with E-state index in [2.05, 4.69) is 0 Å². The number of rotatable bonds is 1. The third-order valence-corrected chi connectivity index (χ3v) is 3.64. The lowest BCUT2D eigenvalue weighted by Gasteiger charge is -2.40. The second-order valence-electron chi connectivity index (χ2n) is 5.12. The number of hydrogen-bond acceptors (Lipinski definition) is 4. The molecule has 1 aliphatic carbocycles. The van der Waals surface area contributed by atoms with Crippen molar-refractivity contribution in [3.8, 4) is 6.07 Å². The lowest BCUT2D eigenvalue weighted by molar-refractivity contribution is -0.146. The van der Waals surface area contributed by atoms with Gasteiger partial charge in [-0.2, -0.15) is 5.26 Å². The van der Waals surface area contributed by atoms with Gasteiger partial charge in [-0.1, -0.05) is 12.1 Å². The standard InChI is InChI=1S/C14H16N2O2/c1-13(18)6-3-7-14(16,12(13)17)11-5-2-4-10(8-11)9-15/h2,4-5,8,18H,3,6-7,16H2,1H3. The Hall–Kier alpha value is -1.70. The van der Waals surface area contributed by atoms with Crippen LogP contribution in [0.25, 0.3) is 0 Å². The summed E-state index contributed by atoms with van der Waals surface area (Å²) < 4.78 is 0. The molecule has 0 aliphatic heterocycles. The zero-order valence-corrected chi connectivity index (χ0v) is 10.3. The second kappa shape index (κ2) is 4.20. The first kappa shape index (κ1) is 12.7. The zero-order chi connectivity index (χ0) is 13.4. The zero-order valence-electron chi connectivity index (χ0n) is 10.3. The molecule has 2 rings (SSSR count). The number of nitriles is 1. The van der Waals surface area contributed by atoms with Crippen molar-refractivity contribution in [2.75, 3.05) is 0 Å². The molecule has 0 aromatic heterocycles. The van der Waals surface area contributed by atoms with Crippen molar-refractivity contribution in [1.82, 2.24) is 0 Å². The monoisotopic (exact) mass is 244 g/mol. The van der Waals surface area contributed by atoms with E-state index in [1.165, 1.54) is 6.92 Å². The van der Waals surface area contributed by atoms with Gasteiger partial charge in [0.1, 0.15) is 11.1 Å². The fraction of sp³-hybridized carbons (Fsp3) is 0.429. The number of nitrogens with two attached hydrogens (primary N) is 1. The molecule has 1 fully saturated rings. The molecule has 18 heavy (non-hydrogen) atoms. The van der Waals surface area contributed by atoms with Gasteiger partial charge in [-0.05, 0) is 43.9 Å². The van der Waals surface area contributed by atoms with Gasteiger partial charge in [0, 0.05) is 0 Å². The van der Waals surface area contributed by atoms with Crippen LogP contribution >= 0.6 is 0 Å². The molecule has 0 saturated heterocycles. The molecule has 4 heteroatoms. The minimum Gasteiger partial charge on any atom is -0.382 e. The summed E-state index contributed by atoms with van der Waals surface area (Å²) in [7, 11) is 0. The third kappa shape index (κ3) is 1.92. The van der Waals surface area contributed by atoms with Crippen LogP contribution in [0.4, 0.5) is 0 Å². The quantitative estimate of drug-likeness (QED) is 0.777. The SMILES string of the molecule is CC1(O)CCCC(N)(c2cccc(C#N)c2)C1=O. The molecule has 2 unspecified atom stereocenters. The summed E-state index contributed by atoms with van der Waals surface area (Å²) in [6.45, 7) is 1.50. The summed E-state index contributed by atoms with van der Waals surface area (Å²) in [6, 6.07) is 8.76. The Morgan fingerprint density at radius 3 is 2.83 bits per heavy atom. The number of Topliss-reactive ketones (excluding diaryl/α,β-unsaturated/α-hetero) is 1. The van der Waals surface area contributed by atoms with E-state index in [1.807, 2.05) is 6.07 Å². The highest BCUT2D eigenvalue weighted by Crippen LogP contribution is 2.37. The molecule has 3 N–H and O–H groups in total. The van der Waals surface area contributed by atoms with Crippen molar-refractivity contribution in [1.29, 1.82) is 5.26 Å². The highest BCUT2D eigenvalue weighted by Gasteiger charge is 2.48. The number of aliphatic hydroxyl groups is 1. The number of nitrogens with zero attached hydrogens (tertiary/aromatic N) is 1. The molecule has 0 radical (unpaired) electrons. The van der Waals surface area contributed by atoms with E-state index in [-0.39, 0.29) is 5.78 Å². The maximum absolute atomic E-state index is 12.3. The maximum atomic E-state index is 12.3. The van der Waals surface area contributed by atoms with Crippen molar-refractivity contribution in [2.24, 2.45) is 5.73 Å². The van der Waals surface area contributed by atoms with E-state index < -0.39 is 11.1 Å². The average Bonchev–Trinajstić information content (AvgIpc) is 2.36. The number of ketones is 1. The highest BCUT2D eigenvalue weighted by atomic mass is 16.3. The lowest BCUT2D eigenvalue weighted by atomic mass is 9.69. The van der Waals surface area contributed by atoms with E-state index in [9.17, 15) is 9.90 Å². The predicted molar refractivity (Wildman–Crippen MR) is 66.5 cm³/mol. The molecule has 0 spiro atoms. The van der Waals surface area contributed by atoms with Crippen LogP contribution in [0, 0.1) is 11.3 Å². The summed E-state index contributed by atoms with van der Waals surface area (Å²) >= 11 is 0. The van der Waals surface area contributed by atoms with Gasteiger partial charge in [0.2, 0.25) is 0 Å². The van der Waals surface area contributed by atoms with Crippen LogP contribution in [-0.2, 0) is 10.3 Å². The third-order valence-electron chi connectivity index (χ3n) is 3.64. The van der Waals surface area contributed by atoms with Gasteiger partial charge in [0.05, 0.1) is 11.6 Å². The highest BCUT2D eigenvalue weighted by molar-refractivity contribution is 5.96. The van der Waals surface area contributed by atoms with Gasteiger partial charge < -0.3 is 10.8 Å². The molecular weight excluding hydrogens is 228 g/mol. The number of carbonyl (C=O) groups excluding carboxylic acids is 1. The smallest absolute Gasteiger partial charge is 0.188 e. The van der Waals surface area contributed by atoms with Crippen LogP contribution in [-0.4, -0.2) is 16.5 Å². The van der Waals surface area contributed by atoms with Crippen LogP contribution in [0.3, 0.4) is 0 Å². The van der Waals surface area contributed by atoms with Gasteiger partial charge in [0.15, 0.2) is 5.78 Å². The van der Waals surface area contributed by atoms with Gasteiger partial charge in [-0.15, -0.1) is 0 Å². The molecule has 0 bridgehead atoms. The second-order valence-corrected chi connectivity index (χ2v) is 5.12. The van der Waals surface area contributed by atoms with Crippen molar-refractivity contribution >= 4 is 5.78 Å². The first-order chi connectivity index (χ1) is 8.40. The lowest BCUT2D eigenvalue weighted by Crippen LogP contribution is -2.57. The first-order valence-electron chi connectivity index (χ1n) is 5.97. The molecule has 4 nitrogen and oxygen atoms in total. The van der Waals surface area contributed by atoms with E-state index in [4.69, 9.17) is 11.0 Å². The molecule has 0 heterocycles. The minimum atomic E-state index is -1.38. The van der Waals surface area contributed by atoms with E-state index >= 15 is 0 Å². The molecule has 1 saturated carbocycles. The Labute approximate surface area is 106 Å². The molecule has 1 aromatic rings. The van der Waals surface area contributed by atoms with Gasteiger partial charge in [-0.3, -0.25) is 4.79 Å². The van der Waals surface area contributed by atoms with Gasteiger partial charge >= 0.3 is 0 Å². The maximum Gasteiger partial charge on any atom is 0.188 e. The summed E-state index contributed by atoms with van der Waals surface area (Å²) in [4.78, 5) is 12.3. The Morgan fingerprint density at radius 1 is 1.44 bits per heavy atom. The molecule has 1 aliphatic rings. The summed E-state index contributed by atoms with van der Waals surface area (Å²) in [5.41, 5.74) is 4.71. The van der Waals surface area contributed by atoms with Gasteiger partial charge in [0.25, 0.3) is 0 Å². The number of carbonyl (C=O) groups is 1. The minimum absolute atomic E-state index is 0.365. The number of benzene rings is 1. The molecular formula is C14H16N2O2. The Morgan fingerprint density at radius 2 is 2.17 bits per heavy atom. The molecule has 2 atom stereocenters. The topological polar surface area (TPSA) is 87.1 Å². The van der Waals surface area contributed by atoms with Gasteiger partial charge in [-0.25, -0.2) is 0 Å². The number of hydrogen-bond donors (Lipinski definition) is 2. The van der Waals surface area contributed by atoms with Crippen molar-refractivity contribution < 1.29 is 9.90 Å². The van der Waals surface area contributed by atoms with Crippen LogP contribution in [0.15, 0.2) is 24.3 Å². The van der Waals surface area contributed by atoms with Crippen LogP contribution in [0.2, 0.25) is 0 Å². The van der Waals surface area contributed by atoms with Crippen molar-refractivity contribution in [2.45, 2.75) is 37.3 Å². The van der Waals surface area contributed by atoms with E-state index in [1.54, 1.807) is 24.3 Å². The first-order valence-corrected chi connectivity index (χ1v) is 5.97. The summed E-state index contributed by atoms with van der Waals surface area (Å²) in [6.07, 6.45) is 1.62. The van der Waals surface area contributed by atoms with E-state index in [0.29, 0.717) is 30.4 Å². The fourth-order valence-corrected chi connectivity index (χ4v) is 2.56. The average molecular weight is 244 g/mol. The van der Waals surface area contributed by atoms with Crippen LogP contribution in [0.5, 0.6) is 0 Å². The fourth-order valence-electron chi connectivity index (χ4n) is 2.56. The van der Waals surface area contributed by atoms with Crippen LogP contribution < -0.4 is 5.73 Å². The summed E-state index contributed by atoms with van der Waals surface area (Å²) in [5, 5.41) is 19.0. The van der Waals surface area contributed by atoms with Crippen molar-refractivity contribution in [3.63, 3.8) is 0 Å². The Kier molecular flexibility index (Phi) is 2.97. The summed E-state index contributed by atoms with van der Waals surface area (Å²) in [5.74, 6) is -0.365. The Bertz CT molecular complexity index is 531. The largest absolute Gasteiger partial charge is 0.382 e. The molecule has 94 valence electrons. The predicted octanol–water partition coefficient (Wildman–Crippen LogP) is 1.22. The van der Waals surface area contributed by atoms with Crippen LogP contribution in [0.1, 0.15) is 37.3 Å². The Balaban J connectivity index is 2.47. The molecule has 0 amide bonds.